The maximum absolute atomic E-state index is 12.2. The van der Waals surface area contributed by atoms with E-state index in [1.165, 1.54) is 0 Å². The number of aliphatic imine (C=N–C) groups is 1. The van der Waals surface area contributed by atoms with E-state index in [4.69, 9.17) is 40.1 Å². The number of hydrogen-bond acceptors (Lipinski definition) is 6. The van der Waals surface area contributed by atoms with Gasteiger partial charge in [-0.1, -0.05) is 29.3 Å². The molecule has 26 heavy (non-hydrogen) atoms. The number of nitrogens with zero attached hydrogens (tertiary/aromatic N) is 2. The summed E-state index contributed by atoms with van der Waals surface area (Å²) in [6.07, 6.45) is 0.989. The van der Waals surface area contributed by atoms with Crippen molar-refractivity contribution in [3.63, 3.8) is 0 Å². The predicted molar refractivity (Wildman–Crippen MR) is 106 cm³/mol. The van der Waals surface area contributed by atoms with Crippen molar-refractivity contribution in [3.8, 4) is 0 Å². The van der Waals surface area contributed by atoms with Crippen molar-refractivity contribution in [2.75, 3.05) is 23.7 Å². The van der Waals surface area contributed by atoms with Crippen LogP contribution >= 0.6 is 23.2 Å². The van der Waals surface area contributed by atoms with Crippen LogP contribution in [-0.4, -0.2) is 35.2 Å². The maximum atomic E-state index is 12.2. The fourth-order valence-corrected chi connectivity index (χ4v) is 2.37. The summed E-state index contributed by atoms with van der Waals surface area (Å²) in [4.78, 5) is 22.9. The number of benzene rings is 1. The lowest BCUT2D eigenvalue weighted by Gasteiger charge is -2.10. The van der Waals surface area contributed by atoms with Crippen molar-refractivity contribution in [1.29, 1.82) is 5.41 Å². The number of nitrogens with two attached hydrogens (primary N) is 2. The molecular formula is C15H18Cl2N8O. The fourth-order valence-electron chi connectivity index (χ4n) is 2.05. The lowest BCUT2D eigenvalue weighted by atomic mass is 10.2. The zero-order chi connectivity index (χ0) is 19.1. The van der Waals surface area contributed by atoms with E-state index < -0.39 is 5.56 Å². The van der Waals surface area contributed by atoms with Gasteiger partial charge in [0.15, 0.2) is 5.96 Å². The quantitative estimate of drug-likeness (QED) is 0.224. The molecule has 0 saturated heterocycles. The van der Waals surface area contributed by atoms with Crippen molar-refractivity contribution in [3.05, 3.63) is 49.9 Å². The standard InChI is InChI=1S/C15H18Cl2N8O/c16-9-2-1-8(5-10(9)17)7-23-15-24-11(6-18)12(13(26)25-15)21-3-4-22-14(19)20/h1-2,5-6,18,21H,3-4,7H2,(H4,19,20,22)(H2,23,24,25,26). The van der Waals surface area contributed by atoms with Crippen molar-refractivity contribution >= 4 is 47.0 Å². The molecule has 0 aliphatic rings. The van der Waals surface area contributed by atoms with E-state index in [1.54, 1.807) is 18.2 Å². The average molecular weight is 397 g/mol. The number of guanidine groups is 1. The molecule has 0 bridgehead atoms. The van der Waals surface area contributed by atoms with Crippen LogP contribution in [0.2, 0.25) is 10.0 Å². The zero-order valence-electron chi connectivity index (χ0n) is 13.6. The van der Waals surface area contributed by atoms with Gasteiger partial charge in [-0.25, -0.2) is 4.98 Å². The third-order valence-electron chi connectivity index (χ3n) is 3.24. The van der Waals surface area contributed by atoms with Crippen molar-refractivity contribution in [1.82, 2.24) is 9.97 Å². The van der Waals surface area contributed by atoms with E-state index >= 15 is 0 Å². The first-order chi connectivity index (χ1) is 12.4. The summed E-state index contributed by atoms with van der Waals surface area (Å²) in [5, 5.41) is 14.2. The van der Waals surface area contributed by atoms with Crippen molar-refractivity contribution in [2.45, 2.75) is 6.54 Å². The molecule has 0 fully saturated rings. The monoisotopic (exact) mass is 396 g/mol. The molecule has 0 atom stereocenters. The highest BCUT2D eigenvalue weighted by Crippen LogP contribution is 2.22. The normalized spacial score (nSPS) is 10.2. The number of halogens is 2. The summed E-state index contributed by atoms with van der Waals surface area (Å²) in [6, 6.07) is 5.20. The molecule has 0 unspecified atom stereocenters. The number of hydrogen-bond donors (Lipinski definition) is 6. The molecule has 0 saturated carbocycles. The second kappa shape index (κ2) is 9.07. The van der Waals surface area contributed by atoms with E-state index in [-0.39, 0.29) is 29.8 Å². The molecule has 2 aromatic rings. The molecule has 11 heteroatoms. The van der Waals surface area contributed by atoms with Crippen LogP contribution in [-0.2, 0) is 6.54 Å². The van der Waals surface area contributed by atoms with E-state index in [0.717, 1.165) is 11.8 Å². The third-order valence-corrected chi connectivity index (χ3v) is 3.98. The molecule has 2 rings (SSSR count). The van der Waals surface area contributed by atoms with Crippen LogP contribution < -0.4 is 27.7 Å². The van der Waals surface area contributed by atoms with Crippen LogP contribution in [0.5, 0.6) is 0 Å². The van der Waals surface area contributed by atoms with Crippen LogP contribution in [0, 0.1) is 5.41 Å². The van der Waals surface area contributed by atoms with Gasteiger partial charge in [0.1, 0.15) is 11.4 Å². The number of aromatic nitrogens is 2. The highest BCUT2D eigenvalue weighted by molar-refractivity contribution is 6.42. The van der Waals surface area contributed by atoms with Gasteiger partial charge < -0.3 is 27.5 Å². The lowest BCUT2D eigenvalue weighted by molar-refractivity contribution is 0.987. The van der Waals surface area contributed by atoms with Crippen LogP contribution in [0.25, 0.3) is 0 Å². The molecule has 0 aliphatic carbocycles. The molecule has 138 valence electrons. The average Bonchev–Trinajstić information content (AvgIpc) is 2.60. The smallest absolute Gasteiger partial charge is 0.276 e. The van der Waals surface area contributed by atoms with Gasteiger partial charge in [0.2, 0.25) is 5.95 Å². The number of rotatable bonds is 8. The third kappa shape index (κ3) is 5.36. The first kappa shape index (κ1) is 19.5. The minimum absolute atomic E-state index is 0.0343. The van der Waals surface area contributed by atoms with Crippen LogP contribution in [0.15, 0.2) is 28.0 Å². The topological polar surface area (TPSA) is 158 Å². The molecular weight excluding hydrogens is 379 g/mol. The molecule has 8 N–H and O–H groups in total. The summed E-state index contributed by atoms with van der Waals surface area (Å²) in [5.74, 6) is 0.197. The SMILES string of the molecule is N=Cc1nc(NCc2ccc(Cl)c(Cl)c2)[nH]c(=O)c1NCCN=C(N)N. The Hall–Kier alpha value is -2.78. The second-order valence-corrected chi connectivity index (χ2v) is 5.97. The summed E-state index contributed by atoms with van der Waals surface area (Å²) in [7, 11) is 0. The Bertz CT molecular complexity index is 876. The van der Waals surface area contributed by atoms with E-state index in [9.17, 15) is 4.79 Å². The Kier molecular flexibility index (Phi) is 6.81. The molecule has 0 radical (unpaired) electrons. The Morgan fingerprint density at radius 1 is 1.31 bits per heavy atom. The van der Waals surface area contributed by atoms with Crippen molar-refractivity contribution in [2.24, 2.45) is 16.5 Å². The minimum Gasteiger partial charge on any atom is -0.377 e. The molecule has 1 aromatic heterocycles. The summed E-state index contributed by atoms with van der Waals surface area (Å²) >= 11 is 11.9. The van der Waals surface area contributed by atoms with E-state index in [2.05, 4.69) is 25.6 Å². The van der Waals surface area contributed by atoms with Gasteiger partial charge in [0.05, 0.1) is 16.6 Å². The number of aromatic amines is 1. The summed E-state index contributed by atoms with van der Waals surface area (Å²) in [6.45, 7) is 0.977. The second-order valence-electron chi connectivity index (χ2n) is 5.15. The summed E-state index contributed by atoms with van der Waals surface area (Å²) < 4.78 is 0. The number of H-pyrrole nitrogens is 1. The largest absolute Gasteiger partial charge is 0.377 e. The summed E-state index contributed by atoms with van der Waals surface area (Å²) in [5.41, 5.74) is 11.3. The first-order valence-corrected chi connectivity index (χ1v) is 8.28. The molecule has 0 amide bonds. The van der Waals surface area contributed by atoms with Gasteiger partial charge in [-0.3, -0.25) is 14.8 Å². The van der Waals surface area contributed by atoms with Gasteiger partial charge in [0.25, 0.3) is 5.56 Å². The highest BCUT2D eigenvalue weighted by Gasteiger charge is 2.09. The van der Waals surface area contributed by atoms with Gasteiger partial charge in [-0.2, -0.15) is 0 Å². The molecule has 1 heterocycles. The number of anilines is 2. The Morgan fingerprint density at radius 3 is 2.73 bits per heavy atom. The molecule has 0 spiro atoms. The van der Waals surface area contributed by atoms with Gasteiger partial charge >= 0.3 is 0 Å². The van der Waals surface area contributed by atoms with E-state index in [1.807, 2.05) is 0 Å². The highest BCUT2D eigenvalue weighted by atomic mass is 35.5. The maximum Gasteiger partial charge on any atom is 0.276 e. The first-order valence-electron chi connectivity index (χ1n) is 7.52. The zero-order valence-corrected chi connectivity index (χ0v) is 15.2. The number of nitrogens with one attached hydrogen (secondary N) is 4. The minimum atomic E-state index is -0.417. The van der Waals surface area contributed by atoms with Crippen LogP contribution in [0.3, 0.4) is 0 Å². The molecule has 9 nitrogen and oxygen atoms in total. The van der Waals surface area contributed by atoms with Crippen molar-refractivity contribution < 1.29 is 0 Å². The fraction of sp³-hybridized carbons (Fsp3) is 0.200. The molecule has 1 aromatic carbocycles. The Labute approximate surface area is 159 Å². The Morgan fingerprint density at radius 2 is 2.08 bits per heavy atom. The van der Waals surface area contributed by atoms with Crippen LogP contribution in [0.1, 0.15) is 11.3 Å². The van der Waals surface area contributed by atoms with E-state index in [0.29, 0.717) is 23.1 Å². The van der Waals surface area contributed by atoms with Gasteiger partial charge in [-0.05, 0) is 17.7 Å². The Balaban J connectivity index is 2.09. The molecule has 0 aliphatic heterocycles. The lowest BCUT2D eigenvalue weighted by Crippen LogP contribution is -2.25. The predicted octanol–water partition coefficient (Wildman–Crippen LogP) is 1.37. The van der Waals surface area contributed by atoms with Gasteiger partial charge in [-0.15, -0.1) is 0 Å². The van der Waals surface area contributed by atoms with Crippen LogP contribution in [0.4, 0.5) is 11.6 Å². The van der Waals surface area contributed by atoms with Gasteiger partial charge in [0, 0.05) is 19.3 Å².